The fourth-order valence-corrected chi connectivity index (χ4v) is 3.18. The van der Waals surface area contributed by atoms with Crippen molar-refractivity contribution in [2.45, 2.75) is 19.4 Å². The van der Waals surface area contributed by atoms with Crippen LogP contribution in [0.2, 0.25) is 0 Å². The fourth-order valence-electron chi connectivity index (χ4n) is 3.18. The number of aromatic hydroxyl groups is 1. The van der Waals surface area contributed by atoms with E-state index in [1.54, 1.807) is 43.3 Å². The van der Waals surface area contributed by atoms with Crippen LogP contribution in [0.3, 0.4) is 0 Å². The summed E-state index contributed by atoms with van der Waals surface area (Å²) in [6.07, 6.45) is 0.0194. The highest BCUT2D eigenvalue weighted by Gasteiger charge is 2.20. The summed E-state index contributed by atoms with van der Waals surface area (Å²) in [6.45, 7) is 2.00. The first-order valence-corrected chi connectivity index (χ1v) is 9.97. The molecular weight excluding hydrogens is 412 g/mol. The topological polar surface area (TPSA) is 119 Å². The lowest BCUT2D eigenvalue weighted by Crippen LogP contribution is -2.16. The first-order valence-electron chi connectivity index (χ1n) is 9.97. The standard InChI is InChI=1S/C24H22N2O6/c1-2-32-24(29)17-6-10-19(11-7-17)25-22(18-4-3-5-20(14-18)26(30)31)15-23(28)16-8-12-21(27)13-9-16/h3-14,22,25,27H,2,15H2,1H3. The van der Waals surface area contributed by atoms with E-state index in [1.807, 2.05) is 0 Å². The van der Waals surface area contributed by atoms with Crippen LogP contribution in [0, 0.1) is 10.1 Å². The normalized spacial score (nSPS) is 11.4. The quantitative estimate of drug-likeness (QED) is 0.213. The smallest absolute Gasteiger partial charge is 0.338 e. The van der Waals surface area contributed by atoms with E-state index in [1.165, 1.54) is 36.4 Å². The molecule has 32 heavy (non-hydrogen) atoms. The number of carbonyl (C=O) groups is 2. The number of nitrogens with zero attached hydrogens (tertiary/aromatic N) is 1. The molecule has 0 aliphatic carbocycles. The minimum atomic E-state index is -0.565. The van der Waals surface area contributed by atoms with Gasteiger partial charge in [0.2, 0.25) is 0 Å². The minimum absolute atomic E-state index is 0.0194. The van der Waals surface area contributed by atoms with E-state index < -0.39 is 16.9 Å². The second kappa shape index (κ2) is 10.2. The van der Waals surface area contributed by atoms with Crippen molar-refractivity contribution in [3.8, 4) is 5.75 Å². The number of ether oxygens (including phenoxy) is 1. The number of esters is 1. The van der Waals surface area contributed by atoms with E-state index in [4.69, 9.17) is 4.74 Å². The highest BCUT2D eigenvalue weighted by molar-refractivity contribution is 5.97. The maximum atomic E-state index is 12.8. The van der Waals surface area contributed by atoms with Crippen LogP contribution in [0.5, 0.6) is 5.75 Å². The van der Waals surface area contributed by atoms with E-state index in [0.29, 0.717) is 22.4 Å². The van der Waals surface area contributed by atoms with E-state index in [9.17, 15) is 24.8 Å². The summed E-state index contributed by atoms with van der Waals surface area (Å²) in [5.41, 5.74) is 1.93. The zero-order chi connectivity index (χ0) is 23.1. The number of anilines is 1. The fraction of sp³-hybridized carbons (Fsp3) is 0.167. The molecule has 0 saturated heterocycles. The van der Waals surface area contributed by atoms with Crippen LogP contribution in [-0.4, -0.2) is 28.4 Å². The van der Waals surface area contributed by atoms with Crippen molar-refractivity contribution in [3.63, 3.8) is 0 Å². The van der Waals surface area contributed by atoms with Crippen molar-refractivity contribution in [1.82, 2.24) is 0 Å². The Morgan fingerprint density at radius 2 is 1.69 bits per heavy atom. The molecule has 0 aliphatic heterocycles. The predicted octanol–water partition coefficient (Wildman–Crippen LogP) is 4.90. The Kier molecular flexibility index (Phi) is 7.17. The molecule has 8 heteroatoms. The van der Waals surface area contributed by atoms with E-state index in [-0.39, 0.29) is 30.2 Å². The molecule has 0 radical (unpaired) electrons. The Bertz CT molecular complexity index is 1110. The summed E-state index contributed by atoms with van der Waals surface area (Å²) in [4.78, 5) is 35.4. The monoisotopic (exact) mass is 434 g/mol. The first-order chi connectivity index (χ1) is 15.4. The molecule has 0 heterocycles. The highest BCUT2D eigenvalue weighted by atomic mass is 16.6. The summed E-state index contributed by atoms with van der Waals surface area (Å²) in [5, 5.41) is 23.9. The third-order valence-corrected chi connectivity index (χ3v) is 4.80. The van der Waals surface area contributed by atoms with E-state index in [2.05, 4.69) is 5.32 Å². The second-order valence-electron chi connectivity index (χ2n) is 7.02. The van der Waals surface area contributed by atoms with Crippen LogP contribution >= 0.6 is 0 Å². The number of Topliss-reactive ketones (excluding diaryl/α,β-unsaturated/α-hetero) is 1. The Hall–Kier alpha value is -4.20. The molecule has 3 rings (SSSR count). The molecule has 164 valence electrons. The van der Waals surface area contributed by atoms with Gasteiger partial charge in [-0.2, -0.15) is 0 Å². The lowest BCUT2D eigenvalue weighted by molar-refractivity contribution is -0.384. The van der Waals surface area contributed by atoms with Gasteiger partial charge in [-0.3, -0.25) is 14.9 Å². The van der Waals surface area contributed by atoms with Gasteiger partial charge in [0, 0.05) is 29.8 Å². The zero-order valence-corrected chi connectivity index (χ0v) is 17.4. The van der Waals surface area contributed by atoms with Gasteiger partial charge in [0.25, 0.3) is 5.69 Å². The van der Waals surface area contributed by atoms with Crippen molar-refractivity contribution < 1.29 is 24.4 Å². The summed E-state index contributed by atoms with van der Waals surface area (Å²) in [5.74, 6) is -0.578. The number of phenolic OH excluding ortho intramolecular Hbond substituents is 1. The minimum Gasteiger partial charge on any atom is -0.508 e. The van der Waals surface area contributed by atoms with Crippen LogP contribution in [0.15, 0.2) is 72.8 Å². The maximum Gasteiger partial charge on any atom is 0.338 e. The SMILES string of the molecule is CCOC(=O)c1ccc(NC(CC(=O)c2ccc(O)cc2)c2cccc([N+](=O)[O-])c2)cc1. The van der Waals surface area contributed by atoms with Gasteiger partial charge in [0.1, 0.15) is 5.75 Å². The van der Waals surface area contributed by atoms with Crippen molar-refractivity contribution in [2.75, 3.05) is 11.9 Å². The highest BCUT2D eigenvalue weighted by Crippen LogP contribution is 2.28. The molecule has 0 fully saturated rings. The van der Waals surface area contributed by atoms with Crippen molar-refractivity contribution in [1.29, 1.82) is 0 Å². The number of carbonyl (C=O) groups excluding carboxylic acids is 2. The molecule has 2 N–H and O–H groups in total. The first kappa shape index (κ1) is 22.5. The molecule has 1 atom stereocenters. The van der Waals surface area contributed by atoms with Crippen LogP contribution < -0.4 is 5.32 Å². The molecule has 0 amide bonds. The molecule has 0 aliphatic rings. The third kappa shape index (κ3) is 5.69. The molecule has 0 aromatic heterocycles. The lowest BCUT2D eigenvalue weighted by atomic mass is 9.97. The molecule has 3 aromatic carbocycles. The van der Waals surface area contributed by atoms with Crippen LogP contribution in [-0.2, 0) is 4.74 Å². The molecule has 0 bridgehead atoms. The summed E-state index contributed by atoms with van der Waals surface area (Å²) < 4.78 is 4.98. The number of ketones is 1. The van der Waals surface area contributed by atoms with Gasteiger partial charge in [-0.15, -0.1) is 0 Å². The average molecular weight is 434 g/mol. The van der Waals surface area contributed by atoms with Gasteiger partial charge in [-0.05, 0) is 61.0 Å². The van der Waals surface area contributed by atoms with Crippen LogP contribution in [0.4, 0.5) is 11.4 Å². The summed E-state index contributed by atoms with van der Waals surface area (Å²) >= 11 is 0. The number of nitrogens with one attached hydrogen (secondary N) is 1. The molecule has 3 aromatic rings. The average Bonchev–Trinajstić information content (AvgIpc) is 2.79. The number of rotatable bonds is 9. The Morgan fingerprint density at radius 3 is 2.31 bits per heavy atom. The van der Waals surface area contributed by atoms with Gasteiger partial charge >= 0.3 is 5.97 Å². The van der Waals surface area contributed by atoms with Gasteiger partial charge in [0.15, 0.2) is 5.78 Å². The number of nitro groups is 1. The molecule has 8 nitrogen and oxygen atoms in total. The Morgan fingerprint density at radius 1 is 1.03 bits per heavy atom. The number of hydrogen-bond acceptors (Lipinski definition) is 7. The second-order valence-corrected chi connectivity index (χ2v) is 7.02. The zero-order valence-electron chi connectivity index (χ0n) is 17.4. The van der Waals surface area contributed by atoms with E-state index >= 15 is 0 Å². The van der Waals surface area contributed by atoms with Crippen molar-refractivity contribution in [2.24, 2.45) is 0 Å². The van der Waals surface area contributed by atoms with Gasteiger partial charge in [0.05, 0.1) is 23.1 Å². The number of non-ortho nitro benzene ring substituents is 1. The summed E-state index contributed by atoms with van der Waals surface area (Å²) in [7, 11) is 0. The van der Waals surface area contributed by atoms with Crippen LogP contribution in [0.1, 0.15) is 45.7 Å². The lowest BCUT2D eigenvalue weighted by Gasteiger charge is -2.20. The molecule has 0 spiro atoms. The number of benzene rings is 3. The molecule has 1 unspecified atom stereocenters. The predicted molar refractivity (Wildman–Crippen MR) is 119 cm³/mol. The molecule has 0 saturated carbocycles. The van der Waals surface area contributed by atoms with Crippen molar-refractivity contribution in [3.05, 3.63) is 99.6 Å². The largest absolute Gasteiger partial charge is 0.508 e. The van der Waals surface area contributed by atoms with Crippen LogP contribution in [0.25, 0.3) is 0 Å². The van der Waals surface area contributed by atoms with Gasteiger partial charge in [-0.1, -0.05) is 12.1 Å². The maximum absolute atomic E-state index is 12.8. The van der Waals surface area contributed by atoms with Gasteiger partial charge < -0.3 is 15.2 Å². The Balaban J connectivity index is 1.87. The van der Waals surface area contributed by atoms with Crippen molar-refractivity contribution >= 4 is 23.1 Å². The number of nitro benzene ring substituents is 1. The number of phenols is 1. The van der Waals surface area contributed by atoms with E-state index in [0.717, 1.165) is 0 Å². The van der Waals surface area contributed by atoms with Gasteiger partial charge in [-0.25, -0.2) is 4.79 Å². The molecular formula is C24H22N2O6. The third-order valence-electron chi connectivity index (χ3n) is 4.80. The summed E-state index contributed by atoms with van der Waals surface area (Å²) in [6, 6.07) is 18.0. The number of hydrogen-bond donors (Lipinski definition) is 2. The Labute approximate surface area is 184 Å².